The first-order chi connectivity index (χ1) is 19.7. The number of anilines is 1. The van der Waals surface area contributed by atoms with Gasteiger partial charge in [0.2, 0.25) is 0 Å². The van der Waals surface area contributed by atoms with Gasteiger partial charge in [-0.1, -0.05) is 23.2 Å². The summed E-state index contributed by atoms with van der Waals surface area (Å²) >= 11 is 12.5. The van der Waals surface area contributed by atoms with Crippen molar-refractivity contribution in [3.8, 4) is 5.82 Å². The molecule has 0 radical (unpaired) electrons. The van der Waals surface area contributed by atoms with Crippen molar-refractivity contribution in [3.63, 3.8) is 0 Å². The van der Waals surface area contributed by atoms with E-state index in [-0.39, 0.29) is 44.5 Å². The number of rotatable bonds is 8. The Morgan fingerprint density at radius 1 is 1.07 bits per heavy atom. The Labute approximate surface area is 243 Å². The first kappa shape index (κ1) is 29.4. The Kier molecular flexibility index (Phi) is 7.66. The van der Waals surface area contributed by atoms with Crippen molar-refractivity contribution in [2.45, 2.75) is 44.5 Å². The van der Waals surface area contributed by atoms with Crippen LogP contribution in [0.2, 0.25) is 10.0 Å². The maximum atomic E-state index is 13.7. The number of pyridine rings is 1. The first-order valence-electron chi connectivity index (χ1n) is 12.2. The van der Waals surface area contributed by atoms with Crippen LogP contribution in [0.4, 0.5) is 27.6 Å². The number of nitrogens with one attached hydrogen (secondary N) is 2. The molecule has 0 spiro atoms. The highest BCUT2D eigenvalue weighted by molar-refractivity contribution is 6.32. The Morgan fingerprint density at radius 2 is 1.81 bits per heavy atom. The lowest BCUT2D eigenvalue weighted by Crippen LogP contribution is -2.34. The van der Waals surface area contributed by atoms with E-state index in [4.69, 9.17) is 23.2 Å². The van der Waals surface area contributed by atoms with Gasteiger partial charge >= 0.3 is 12.1 Å². The van der Waals surface area contributed by atoms with E-state index in [0.29, 0.717) is 16.6 Å². The summed E-state index contributed by atoms with van der Waals surface area (Å²) in [6, 6.07) is 7.26. The fraction of sp³-hybridized carbons (Fsp3) is 0.280. The van der Waals surface area contributed by atoms with Crippen molar-refractivity contribution in [3.05, 3.63) is 81.0 Å². The van der Waals surface area contributed by atoms with Crippen molar-refractivity contribution in [1.82, 2.24) is 35.1 Å². The van der Waals surface area contributed by atoms with Gasteiger partial charge in [-0.05, 0) is 55.7 Å². The molecule has 5 rings (SSSR count). The molecule has 3 heterocycles. The molecule has 42 heavy (non-hydrogen) atoms. The SMILES string of the molecule is Cc1cc(Cl)cc(C(=O)NC2CC2)c1NC(=O)c1cc(Cn2ncc(C(F)(F)C(F)(F)F)n2)nn1-c1ncccc1Cl. The van der Waals surface area contributed by atoms with E-state index in [1.165, 1.54) is 30.5 Å². The summed E-state index contributed by atoms with van der Waals surface area (Å²) in [7, 11) is 0. The molecule has 0 bridgehead atoms. The van der Waals surface area contributed by atoms with Gasteiger partial charge in [-0.25, -0.2) is 9.67 Å². The molecule has 1 aromatic carbocycles. The fourth-order valence-electron chi connectivity index (χ4n) is 3.93. The number of aryl methyl sites for hydroxylation is 1. The zero-order chi connectivity index (χ0) is 30.4. The summed E-state index contributed by atoms with van der Waals surface area (Å²) in [5, 5.41) is 16.9. The second-order valence-corrected chi connectivity index (χ2v) is 10.3. The van der Waals surface area contributed by atoms with Gasteiger partial charge in [-0.3, -0.25) is 9.59 Å². The zero-order valence-corrected chi connectivity index (χ0v) is 22.9. The number of carbonyl (C=O) groups excluding carboxylic acids is 2. The second-order valence-electron chi connectivity index (χ2n) is 9.42. The smallest absolute Gasteiger partial charge is 0.349 e. The molecule has 1 aliphatic carbocycles. The monoisotopic (exact) mass is 628 g/mol. The molecular formula is C25H19Cl2F5N8O2. The molecule has 1 fully saturated rings. The number of alkyl halides is 5. The summed E-state index contributed by atoms with van der Waals surface area (Å²) in [5.74, 6) is -6.40. The number of hydrogen-bond donors (Lipinski definition) is 2. The highest BCUT2D eigenvalue weighted by Gasteiger charge is 2.60. The lowest BCUT2D eigenvalue weighted by atomic mass is 10.1. The average Bonchev–Trinajstić information content (AvgIpc) is 3.42. The van der Waals surface area contributed by atoms with Crippen molar-refractivity contribution in [1.29, 1.82) is 0 Å². The number of benzene rings is 1. The van der Waals surface area contributed by atoms with Gasteiger partial charge in [0, 0.05) is 17.3 Å². The van der Waals surface area contributed by atoms with Crippen LogP contribution < -0.4 is 10.6 Å². The lowest BCUT2D eigenvalue weighted by Gasteiger charge is -2.16. The average molecular weight is 629 g/mol. The summed E-state index contributed by atoms with van der Waals surface area (Å²) in [6.45, 7) is 1.16. The molecule has 4 aromatic rings. The molecule has 2 N–H and O–H groups in total. The van der Waals surface area contributed by atoms with Crippen LogP contribution in [0.25, 0.3) is 5.82 Å². The van der Waals surface area contributed by atoms with Crippen molar-refractivity contribution in [2.75, 3.05) is 5.32 Å². The molecule has 3 aromatic heterocycles. The second kappa shape index (κ2) is 10.9. The fourth-order valence-corrected chi connectivity index (χ4v) is 4.40. The minimum absolute atomic E-state index is 0.00104. The van der Waals surface area contributed by atoms with Crippen molar-refractivity contribution in [2.24, 2.45) is 0 Å². The maximum Gasteiger partial charge on any atom is 0.459 e. The number of carbonyl (C=O) groups is 2. The van der Waals surface area contributed by atoms with Crippen molar-refractivity contribution >= 4 is 40.7 Å². The largest absolute Gasteiger partial charge is 0.459 e. The minimum Gasteiger partial charge on any atom is -0.349 e. The van der Waals surface area contributed by atoms with Crippen LogP contribution in [0.5, 0.6) is 0 Å². The maximum absolute atomic E-state index is 13.7. The molecule has 0 aliphatic heterocycles. The van der Waals surface area contributed by atoms with Gasteiger partial charge in [-0.2, -0.15) is 42.0 Å². The summed E-state index contributed by atoms with van der Waals surface area (Å²) in [6.07, 6.45) is -2.52. The third-order valence-corrected chi connectivity index (χ3v) is 6.66. The highest BCUT2D eigenvalue weighted by Crippen LogP contribution is 2.42. The Balaban J connectivity index is 1.50. The van der Waals surface area contributed by atoms with Gasteiger partial charge in [0.05, 0.1) is 28.2 Å². The van der Waals surface area contributed by atoms with Gasteiger partial charge in [0.1, 0.15) is 12.2 Å². The molecule has 220 valence electrons. The molecule has 0 saturated heterocycles. The molecule has 10 nitrogen and oxygen atoms in total. The number of halogens is 7. The van der Waals surface area contributed by atoms with E-state index in [9.17, 15) is 31.5 Å². The van der Waals surface area contributed by atoms with Crippen LogP contribution >= 0.6 is 23.2 Å². The molecule has 1 saturated carbocycles. The number of aromatic nitrogens is 6. The Hall–Kier alpha value is -4.11. The lowest BCUT2D eigenvalue weighted by molar-refractivity contribution is -0.291. The predicted octanol–water partition coefficient (Wildman–Crippen LogP) is 5.32. The number of hydrogen-bond acceptors (Lipinski definition) is 6. The minimum atomic E-state index is -5.87. The molecular weight excluding hydrogens is 610 g/mol. The van der Waals surface area contributed by atoms with E-state index in [1.807, 2.05) is 0 Å². The zero-order valence-electron chi connectivity index (χ0n) is 21.4. The summed E-state index contributed by atoms with van der Waals surface area (Å²) in [4.78, 5) is 31.2. The van der Waals surface area contributed by atoms with Crippen LogP contribution in [0.1, 0.15) is 50.6 Å². The first-order valence-corrected chi connectivity index (χ1v) is 13.0. The van der Waals surface area contributed by atoms with Crippen molar-refractivity contribution < 1.29 is 31.5 Å². The Morgan fingerprint density at radius 3 is 2.48 bits per heavy atom. The quantitative estimate of drug-likeness (QED) is 0.255. The van der Waals surface area contributed by atoms with Gasteiger partial charge < -0.3 is 10.6 Å². The van der Waals surface area contributed by atoms with E-state index < -0.39 is 36.2 Å². The molecule has 2 amide bonds. The topological polar surface area (TPSA) is 120 Å². The summed E-state index contributed by atoms with van der Waals surface area (Å²) < 4.78 is 66.8. The number of nitrogens with zero attached hydrogens (tertiary/aromatic N) is 6. The molecule has 0 atom stereocenters. The normalized spacial score (nSPS) is 13.7. The standard InChI is InChI=1S/C25H19Cl2F5N8O2/c1-12-7-13(26)8-16(22(41)35-14-4-5-14)20(12)36-23(42)18-9-15(37-40(18)21-17(27)3-2-6-33-21)11-39-34-10-19(38-39)24(28,29)25(30,31)32/h2-3,6-10,14H,4-5,11H2,1H3,(H,35,41)(H,36,42). The molecule has 1 aliphatic rings. The molecule has 17 heteroatoms. The van der Waals surface area contributed by atoms with Crippen LogP contribution in [0.3, 0.4) is 0 Å². The van der Waals surface area contributed by atoms with Gasteiger partial charge in [0.25, 0.3) is 11.8 Å². The van der Waals surface area contributed by atoms with Gasteiger partial charge in [-0.15, -0.1) is 0 Å². The van der Waals surface area contributed by atoms with E-state index in [0.717, 1.165) is 17.5 Å². The van der Waals surface area contributed by atoms with Crippen LogP contribution in [0, 0.1) is 6.92 Å². The third kappa shape index (κ3) is 5.92. The van der Waals surface area contributed by atoms with E-state index in [1.54, 1.807) is 13.0 Å². The predicted molar refractivity (Wildman–Crippen MR) is 140 cm³/mol. The van der Waals surface area contributed by atoms with Crippen LogP contribution in [-0.2, 0) is 12.5 Å². The van der Waals surface area contributed by atoms with Gasteiger partial charge in [0.15, 0.2) is 11.5 Å². The van der Waals surface area contributed by atoms with Crippen LogP contribution in [0.15, 0.2) is 42.7 Å². The number of amides is 2. The highest BCUT2D eigenvalue weighted by atomic mass is 35.5. The third-order valence-electron chi connectivity index (χ3n) is 6.15. The summed E-state index contributed by atoms with van der Waals surface area (Å²) in [5.41, 5.74) is -0.966. The van der Waals surface area contributed by atoms with Crippen LogP contribution in [-0.4, -0.2) is 53.8 Å². The van der Waals surface area contributed by atoms with E-state index >= 15 is 0 Å². The molecule has 0 unspecified atom stereocenters. The van der Waals surface area contributed by atoms with E-state index in [2.05, 4.69) is 30.9 Å². The Bertz CT molecular complexity index is 1680.